The Morgan fingerprint density at radius 3 is 2.32 bits per heavy atom. The van der Waals surface area contributed by atoms with Crippen molar-refractivity contribution in [2.24, 2.45) is 0 Å². The molecule has 2 atom stereocenters. The van der Waals surface area contributed by atoms with Crippen molar-refractivity contribution in [3.05, 3.63) is 41.1 Å². The summed E-state index contributed by atoms with van der Waals surface area (Å²) in [4.78, 5) is 14.6. The highest BCUT2D eigenvalue weighted by Gasteiger charge is 2.22. The number of carbonyl (C=O) groups excluding carboxylic acids is 1. The number of rotatable bonds is 5. The topological polar surface area (TPSA) is 65.4 Å². The van der Waals surface area contributed by atoms with Crippen molar-refractivity contribution in [1.29, 1.82) is 5.26 Å². The maximum absolute atomic E-state index is 12.7. The van der Waals surface area contributed by atoms with Gasteiger partial charge in [-0.15, -0.1) is 0 Å². The Balaban J connectivity index is 2.21. The highest BCUT2D eigenvalue weighted by molar-refractivity contribution is 6.07. The van der Waals surface area contributed by atoms with E-state index in [2.05, 4.69) is 19.2 Å². The van der Waals surface area contributed by atoms with E-state index in [4.69, 9.17) is 4.74 Å². The van der Waals surface area contributed by atoms with Crippen LogP contribution in [0.15, 0.2) is 30.0 Å². The van der Waals surface area contributed by atoms with Crippen molar-refractivity contribution in [2.45, 2.75) is 52.7 Å². The second kappa shape index (κ2) is 8.68. The molecule has 0 aromatic heterocycles. The third kappa shape index (κ3) is 4.83. The van der Waals surface area contributed by atoms with E-state index in [0.717, 1.165) is 29.7 Å². The van der Waals surface area contributed by atoms with Crippen LogP contribution in [-0.2, 0) is 22.4 Å². The van der Waals surface area contributed by atoms with Crippen LogP contribution in [0.1, 0.15) is 38.8 Å². The van der Waals surface area contributed by atoms with Gasteiger partial charge < -0.3 is 15.0 Å². The van der Waals surface area contributed by atoms with E-state index in [1.165, 1.54) is 0 Å². The van der Waals surface area contributed by atoms with Gasteiger partial charge in [-0.25, -0.2) is 0 Å². The summed E-state index contributed by atoms with van der Waals surface area (Å²) in [6.07, 6.45) is 3.47. The Labute approximate surface area is 150 Å². The van der Waals surface area contributed by atoms with Crippen molar-refractivity contribution in [3.8, 4) is 6.07 Å². The number of carbonyl (C=O) groups is 1. The minimum Gasteiger partial charge on any atom is -0.372 e. The normalized spacial score (nSPS) is 20.9. The molecule has 25 heavy (non-hydrogen) atoms. The number of benzene rings is 1. The molecule has 1 aliphatic heterocycles. The summed E-state index contributed by atoms with van der Waals surface area (Å²) in [5.41, 5.74) is 3.12. The number of nitrogens with zero attached hydrogens (tertiary/aromatic N) is 2. The molecular weight excluding hydrogens is 314 g/mol. The number of anilines is 1. The van der Waals surface area contributed by atoms with E-state index in [1.807, 2.05) is 43.0 Å². The van der Waals surface area contributed by atoms with E-state index < -0.39 is 0 Å². The van der Waals surface area contributed by atoms with Crippen LogP contribution in [0.4, 0.5) is 5.69 Å². The van der Waals surface area contributed by atoms with E-state index >= 15 is 0 Å². The quantitative estimate of drug-likeness (QED) is 0.659. The van der Waals surface area contributed by atoms with Crippen LogP contribution in [0.2, 0.25) is 0 Å². The first kappa shape index (κ1) is 19.0. The fourth-order valence-electron chi connectivity index (χ4n) is 3.23. The zero-order chi connectivity index (χ0) is 18.4. The predicted octanol–water partition coefficient (Wildman–Crippen LogP) is 3.27. The second-order valence-corrected chi connectivity index (χ2v) is 6.48. The summed E-state index contributed by atoms with van der Waals surface area (Å²) in [6.45, 7) is 9.45. The number of hydrogen-bond acceptors (Lipinski definition) is 4. The van der Waals surface area contributed by atoms with Crippen molar-refractivity contribution >= 4 is 11.6 Å². The lowest BCUT2D eigenvalue weighted by molar-refractivity contribution is -0.112. The van der Waals surface area contributed by atoms with Crippen LogP contribution < -0.4 is 5.32 Å². The predicted molar refractivity (Wildman–Crippen MR) is 99.1 cm³/mol. The first-order chi connectivity index (χ1) is 12.0. The zero-order valence-electron chi connectivity index (χ0n) is 15.5. The molecule has 1 heterocycles. The van der Waals surface area contributed by atoms with Crippen LogP contribution >= 0.6 is 0 Å². The fourth-order valence-corrected chi connectivity index (χ4v) is 3.23. The van der Waals surface area contributed by atoms with Crippen molar-refractivity contribution < 1.29 is 9.53 Å². The molecule has 1 N–H and O–H groups in total. The van der Waals surface area contributed by atoms with Gasteiger partial charge in [0.2, 0.25) is 0 Å². The molecule has 1 aliphatic rings. The van der Waals surface area contributed by atoms with Gasteiger partial charge in [-0.2, -0.15) is 5.26 Å². The Hall–Kier alpha value is -2.32. The van der Waals surface area contributed by atoms with Gasteiger partial charge in [0, 0.05) is 25.0 Å². The molecule has 134 valence electrons. The lowest BCUT2D eigenvalue weighted by Crippen LogP contribution is -2.43. The number of aryl methyl sites for hydroxylation is 2. The van der Waals surface area contributed by atoms with E-state index in [0.29, 0.717) is 13.1 Å². The number of hydrogen-bond donors (Lipinski definition) is 1. The number of ether oxygens (including phenoxy) is 1. The number of nitriles is 1. The van der Waals surface area contributed by atoms with Gasteiger partial charge in [0.15, 0.2) is 0 Å². The molecule has 1 saturated heterocycles. The smallest absolute Gasteiger partial charge is 0.267 e. The molecule has 0 bridgehead atoms. The van der Waals surface area contributed by atoms with Crippen LogP contribution in [0.3, 0.4) is 0 Å². The molecule has 5 heteroatoms. The molecule has 0 spiro atoms. The lowest BCUT2D eigenvalue weighted by Gasteiger charge is -2.34. The van der Waals surface area contributed by atoms with E-state index in [9.17, 15) is 10.1 Å². The van der Waals surface area contributed by atoms with Gasteiger partial charge in [-0.3, -0.25) is 4.79 Å². The van der Waals surface area contributed by atoms with Gasteiger partial charge in [-0.05, 0) is 37.8 Å². The number of amides is 1. The highest BCUT2D eigenvalue weighted by Crippen LogP contribution is 2.23. The summed E-state index contributed by atoms with van der Waals surface area (Å²) in [5, 5.41) is 12.4. The largest absolute Gasteiger partial charge is 0.372 e. The Bertz CT molecular complexity index is 658. The highest BCUT2D eigenvalue weighted by atomic mass is 16.5. The summed E-state index contributed by atoms with van der Waals surface area (Å²) < 4.78 is 5.69. The van der Waals surface area contributed by atoms with Gasteiger partial charge >= 0.3 is 0 Å². The maximum atomic E-state index is 12.7. The van der Waals surface area contributed by atoms with Crippen LogP contribution in [-0.4, -0.2) is 36.1 Å². The second-order valence-electron chi connectivity index (χ2n) is 6.48. The molecule has 2 rings (SSSR count). The SMILES string of the molecule is CCc1cccc(CC)c1NC(=O)/C(C#N)=C\N1CC(C)OC(C)C1. The number of nitrogens with one attached hydrogen (secondary N) is 1. The van der Waals surface area contributed by atoms with Gasteiger partial charge in [0.1, 0.15) is 11.6 Å². The standard InChI is InChI=1S/C20H27N3O2/c1-5-16-8-7-9-17(6-2)19(16)22-20(24)18(10-21)13-23-11-14(3)25-15(4)12-23/h7-9,13-15H,5-6,11-12H2,1-4H3,(H,22,24)/b18-13-. The van der Waals surface area contributed by atoms with Crippen molar-refractivity contribution in [1.82, 2.24) is 4.90 Å². The summed E-state index contributed by atoms with van der Waals surface area (Å²) in [6, 6.07) is 8.07. The van der Waals surface area contributed by atoms with Gasteiger partial charge in [0.25, 0.3) is 5.91 Å². The Morgan fingerprint density at radius 2 is 1.84 bits per heavy atom. The first-order valence-electron chi connectivity index (χ1n) is 8.91. The Kier molecular flexibility index (Phi) is 6.60. The van der Waals surface area contributed by atoms with Gasteiger partial charge in [-0.1, -0.05) is 32.0 Å². The maximum Gasteiger partial charge on any atom is 0.267 e. The van der Waals surface area contributed by atoms with Gasteiger partial charge in [0.05, 0.1) is 12.2 Å². The third-order valence-corrected chi connectivity index (χ3v) is 4.36. The van der Waals surface area contributed by atoms with Crippen LogP contribution in [0, 0.1) is 11.3 Å². The molecule has 1 aromatic carbocycles. The molecule has 0 saturated carbocycles. The average Bonchev–Trinajstić information content (AvgIpc) is 2.58. The van der Waals surface area contributed by atoms with Crippen molar-refractivity contribution in [2.75, 3.05) is 18.4 Å². The zero-order valence-corrected chi connectivity index (χ0v) is 15.5. The lowest BCUT2D eigenvalue weighted by atomic mass is 10.0. The monoisotopic (exact) mass is 341 g/mol. The summed E-state index contributed by atoms with van der Waals surface area (Å²) >= 11 is 0. The number of para-hydroxylation sites is 1. The minimum absolute atomic E-state index is 0.0792. The molecule has 0 radical (unpaired) electrons. The van der Waals surface area contributed by atoms with E-state index in [-0.39, 0.29) is 23.7 Å². The third-order valence-electron chi connectivity index (χ3n) is 4.36. The van der Waals surface area contributed by atoms with Crippen molar-refractivity contribution in [3.63, 3.8) is 0 Å². The fraction of sp³-hybridized carbons (Fsp3) is 0.500. The molecule has 2 unspecified atom stereocenters. The number of morpholine rings is 1. The van der Waals surface area contributed by atoms with Crippen LogP contribution in [0.25, 0.3) is 0 Å². The molecule has 1 fully saturated rings. The molecule has 1 amide bonds. The van der Waals surface area contributed by atoms with E-state index in [1.54, 1.807) is 6.20 Å². The molecule has 1 aromatic rings. The molecule has 0 aliphatic carbocycles. The van der Waals surface area contributed by atoms with Crippen LogP contribution in [0.5, 0.6) is 0 Å². The summed E-state index contributed by atoms with van der Waals surface area (Å²) in [7, 11) is 0. The summed E-state index contributed by atoms with van der Waals surface area (Å²) in [5.74, 6) is -0.357. The molecular formula is C20H27N3O2. The minimum atomic E-state index is -0.357. The first-order valence-corrected chi connectivity index (χ1v) is 8.91. The average molecular weight is 341 g/mol. The molecule has 5 nitrogen and oxygen atoms in total. The Morgan fingerprint density at radius 1 is 1.28 bits per heavy atom.